The number of hydrogen-bond donors (Lipinski definition) is 0. The zero-order valence-electron chi connectivity index (χ0n) is 8.81. The molecular formula is C12H24. The highest BCUT2D eigenvalue weighted by atomic mass is 14.2. The highest BCUT2D eigenvalue weighted by Crippen LogP contribution is 2.29. The van der Waals surface area contributed by atoms with Crippen molar-refractivity contribution >= 4 is 0 Å². The summed E-state index contributed by atoms with van der Waals surface area (Å²) in [7, 11) is 0. The second kappa shape index (κ2) is 5.61. The lowest BCUT2D eigenvalue weighted by molar-refractivity contribution is 0.406. The SMILES string of the molecule is CCCCC1CCCC(C)CC1. The zero-order chi connectivity index (χ0) is 8.81. The van der Waals surface area contributed by atoms with Gasteiger partial charge >= 0.3 is 0 Å². The highest BCUT2D eigenvalue weighted by Gasteiger charge is 2.15. The summed E-state index contributed by atoms with van der Waals surface area (Å²) in [6.07, 6.45) is 11.9. The molecule has 0 amide bonds. The molecule has 12 heavy (non-hydrogen) atoms. The predicted molar refractivity (Wildman–Crippen MR) is 55.3 cm³/mol. The van der Waals surface area contributed by atoms with E-state index < -0.39 is 0 Å². The Bertz CT molecular complexity index is 105. The van der Waals surface area contributed by atoms with Crippen LogP contribution in [0.15, 0.2) is 0 Å². The molecule has 0 spiro atoms. The standard InChI is InChI=1S/C12H24/c1-3-4-7-12-8-5-6-11(2)9-10-12/h11-12H,3-10H2,1-2H3. The molecule has 2 unspecified atom stereocenters. The number of hydrogen-bond acceptors (Lipinski definition) is 0. The second-order valence-corrected chi connectivity index (χ2v) is 4.62. The Morgan fingerprint density at radius 2 is 1.92 bits per heavy atom. The molecule has 72 valence electrons. The van der Waals surface area contributed by atoms with Gasteiger partial charge in [0, 0.05) is 0 Å². The Labute approximate surface area is 77.7 Å². The van der Waals surface area contributed by atoms with Gasteiger partial charge in [-0.3, -0.25) is 0 Å². The Hall–Kier alpha value is 0. The molecule has 0 radical (unpaired) electrons. The van der Waals surface area contributed by atoms with E-state index in [4.69, 9.17) is 0 Å². The molecule has 1 fully saturated rings. The summed E-state index contributed by atoms with van der Waals surface area (Å²) in [6.45, 7) is 4.72. The minimum atomic E-state index is 1.01. The van der Waals surface area contributed by atoms with E-state index in [9.17, 15) is 0 Å². The number of unbranched alkanes of at least 4 members (excludes halogenated alkanes) is 1. The summed E-state index contributed by atoms with van der Waals surface area (Å²) in [4.78, 5) is 0. The fourth-order valence-electron chi connectivity index (χ4n) is 2.35. The van der Waals surface area contributed by atoms with Gasteiger partial charge in [0.15, 0.2) is 0 Å². The van der Waals surface area contributed by atoms with Crippen LogP contribution in [0.1, 0.15) is 65.2 Å². The summed E-state index contributed by atoms with van der Waals surface area (Å²) >= 11 is 0. The van der Waals surface area contributed by atoms with E-state index >= 15 is 0 Å². The molecule has 1 saturated carbocycles. The minimum absolute atomic E-state index is 1.01. The molecule has 0 aromatic heterocycles. The summed E-state index contributed by atoms with van der Waals surface area (Å²) in [6, 6.07) is 0. The first-order valence-electron chi connectivity index (χ1n) is 5.83. The van der Waals surface area contributed by atoms with E-state index in [-0.39, 0.29) is 0 Å². The maximum Gasteiger partial charge on any atom is -0.0414 e. The van der Waals surface area contributed by atoms with E-state index in [0.717, 1.165) is 11.8 Å². The molecule has 0 aromatic carbocycles. The highest BCUT2D eigenvalue weighted by molar-refractivity contribution is 4.67. The van der Waals surface area contributed by atoms with E-state index in [1.165, 1.54) is 51.4 Å². The molecule has 1 aliphatic rings. The van der Waals surface area contributed by atoms with Crippen LogP contribution < -0.4 is 0 Å². The first-order chi connectivity index (χ1) is 5.83. The van der Waals surface area contributed by atoms with Gasteiger partial charge in [0.2, 0.25) is 0 Å². The van der Waals surface area contributed by atoms with E-state index in [2.05, 4.69) is 13.8 Å². The molecular weight excluding hydrogens is 144 g/mol. The fraction of sp³-hybridized carbons (Fsp3) is 1.00. The topological polar surface area (TPSA) is 0 Å². The van der Waals surface area contributed by atoms with Crippen LogP contribution in [0.25, 0.3) is 0 Å². The molecule has 0 heteroatoms. The monoisotopic (exact) mass is 168 g/mol. The van der Waals surface area contributed by atoms with Crippen LogP contribution in [-0.4, -0.2) is 0 Å². The lowest BCUT2D eigenvalue weighted by atomic mass is 9.94. The van der Waals surface area contributed by atoms with Gasteiger partial charge in [-0.25, -0.2) is 0 Å². The van der Waals surface area contributed by atoms with Crippen molar-refractivity contribution in [2.45, 2.75) is 65.2 Å². The zero-order valence-corrected chi connectivity index (χ0v) is 8.81. The van der Waals surface area contributed by atoms with Crippen LogP contribution >= 0.6 is 0 Å². The average molecular weight is 168 g/mol. The molecule has 2 atom stereocenters. The van der Waals surface area contributed by atoms with Crippen LogP contribution in [0.2, 0.25) is 0 Å². The Morgan fingerprint density at radius 1 is 1.08 bits per heavy atom. The van der Waals surface area contributed by atoms with Crippen LogP contribution in [0.3, 0.4) is 0 Å². The molecule has 0 bridgehead atoms. The maximum atomic E-state index is 2.42. The van der Waals surface area contributed by atoms with E-state index in [1.54, 1.807) is 0 Å². The van der Waals surface area contributed by atoms with Gasteiger partial charge in [-0.05, 0) is 11.8 Å². The van der Waals surface area contributed by atoms with Crippen molar-refractivity contribution in [3.8, 4) is 0 Å². The van der Waals surface area contributed by atoms with Gasteiger partial charge in [-0.1, -0.05) is 65.2 Å². The molecule has 1 rings (SSSR count). The third-order valence-electron chi connectivity index (χ3n) is 3.34. The van der Waals surface area contributed by atoms with Gasteiger partial charge in [0.1, 0.15) is 0 Å². The lowest BCUT2D eigenvalue weighted by Gasteiger charge is -2.12. The Balaban J connectivity index is 2.17. The van der Waals surface area contributed by atoms with Gasteiger partial charge in [0.25, 0.3) is 0 Å². The average Bonchev–Trinajstić information content (AvgIpc) is 2.27. The number of rotatable bonds is 3. The Morgan fingerprint density at radius 3 is 2.67 bits per heavy atom. The molecule has 1 aliphatic carbocycles. The largest absolute Gasteiger partial charge is 0.0654 e. The van der Waals surface area contributed by atoms with E-state index in [1.807, 2.05) is 0 Å². The second-order valence-electron chi connectivity index (χ2n) is 4.62. The van der Waals surface area contributed by atoms with Gasteiger partial charge in [0.05, 0.1) is 0 Å². The lowest BCUT2D eigenvalue weighted by Crippen LogP contribution is -1.98. The quantitative estimate of drug-likeness (QED) is 0.548. The van der Waals surface area contributed by atoms with E-state index in [0.29, 0.717) is 0 Å². The van der Waals surface area contributed by atoms with Crippen molar-refractivity contribution in [2.75, 3.05) is 0 Å². The normalized spacial score (nSPS) is 31.5. The summed E-state index contributed by atoms with van der Waals surface area (Å²) < 4.78 is 0. The fourth-order valence-corrected chi connectivity index (χ4v) is 2.35. The van der Waals surface area contributed by atoms with Gasteiger partial charge in [-0.15, -0.1) is 0 Å². The minimum Gasteiger partial charge on any atom is -0.0654 e. The van der Waals surface area contributed by atoms with Crippen LogP contribution in [0, 0.1) is 11.8 Å². The van der Waals surface area contributed by atoms with Gasteiger partial charge < -0.3 is 0 Å². The molecule has 0 heterocycles. The van der Waals surface area contributed by atoms with Gasteiger partial charge in [-0.2, -0.15) is 0 Å². The summed E-state index contributed by atoms with van der Waals surface area (Å²) in [5.74, 6) is 2.09. The third-order valence-corrected chi connectivity index (χ3v) is 3.34. The van der Waals surface area contributed by atoms with Crippen molar-refractivity contribution < 1.29 is 0 Å². The van der Waals surface area contributed by atoms with Crippen LogP contribution in [0.5, 0.6) is 0 Å². The molecule has 0 aromatic rings. The molecule has 0 N–H and O–H groups in total. The maximum absolute atomic E-state index is 2.42. The van der Waals surface area contributed by atoms with Crippen LogP contribution in [0.4, 0.5) is 0 Å². The summed E-state index contributed by atoms with van der Waals surface area (Å²) in [5, 5.41) is 0. The van der Waals surface area contributed by atoms with Crippen molar-refractivity contribution in [2.24, 2.45) is 11.8 Å². The van der Waals surface area contributed by atoms with Crippen LogP contribution in [-0.2, 0) is 0 Å². The van der Waals surface area contributed by atoms with Crippen molar-refractivity contribution in [1.82, 2.24) is 0 Å². The summed E-state index contributed by atoms with van der Waals surface area (Å²) in [5.41, 5.74) is 0. The first-order valence-corrected chi connectivity index (χ1v) is 5.83. The Kier molecular flexibility index (Phi) is 4.72. The van der Waals surface area contributed by atoms with Crippen molar-refractivity contribution in [3.63, 3.8) is 0 Å². The smallest absolute Gasteiger partial charge is 0.0414 e. The molecule has 0 saturated heterocycles. The first kappa shape index (κ1) is 10.1. The molecule has 0 aliphatic heterocycles. The predicted octanol–water partition coefficient (Wildman–Crippen LogP) is 4.39. The van der Waals surface area contributed by atoms with Crippen molar-refractivity contribution in [3.05, 3.63) is 0 Å². The molecule has 0 nitrogen and oxygen atoms in total. The van der Waals surface area contributed by atoms with Crippen molar-refractivity contribution in [1.29, 1.82) is 0 Å². The third kappa shape index (κ3) is 3.60.